The Kier molecular flexibility index (Phi) is 39.9. The van der Waals surface area contributed by atoms with Gasteiger partial charge in [0.15, 0.2) is 6.10 Å². The molecule has 0 bridgehead atoms. The minimum absolute atomic E-state index is 0.00912. The van der Waals surface area contributed by atoms with Crippen LogP contribution in [0, 0.1) is 0 Å². The second kappa shape index (κ2) is 41.8. The summed E-state index contributed by atoms with van der Waals surface area (Å²) >= 11 is 0. The smallest absolute Gasteiger partial charge is 0.306 e. The van der Waals surface area contributed by atoms with Gasteiger partial charge in [-0.3, -0.25) is 14.2 Å². The van der Waals surface area contributed by atoms with E-state index >= 15 is 0 Å². The van der Waals surface area contributed by atoms with Crippen LogP contribution in [-0.2, 0) is 32.7 Å². The van der Waals surface area contributed by atoms with Gasteiger partial charge < -0.3 is 38.1 Å². The van der Waals surface area contributed by atoms with Crippen molar-refractivity contribution in [1.29, 1.82) is 0 Å². The molecule has 2 N–H and O–H groups in total. The molecule has 0 aromatic carbocycles. The number of rotatable bonds is 42. The first-order chi connectivity index (χ1) is 30.3. The summed E-state index contributed by atoms with van der Waals surface area (Å²) in [7, 11) is 1.01. The Morgan fingerprint density at radius 3 is 1.73 bits per heavy atom. The lowest BCUT2D eigenvalue weighted by Gasteiger charge is -2.28. The summed E-state index contributed by atoms with van der Waals surface area (Å²) in [4.78, 5) is 37.7. The summed E-state index contributed by atoms with van der Waals surface area (Å²) in [6.07, 6.45) is 46.6. The highest BCUT2D eigenvalue weighted by Crippen LogP contribution is 2.38. The highest BCUT2D eigenvalue weighted by atomic mass is 31.2. The number of quaternary nitrogens is 1. The van der Waals surface area contributed by atoms with Crippen molar-refractivity contribution in [2.24, 2.45) is 0 Å². The third-order valence-electron chi connectivity index (χ3n) is 9.83. The average Bonchev–Trinajstić information content (AvgIpc) is 3.23. The Morgan fingerprint density at radius 2 is 1.11 bits per heavy atom. The van der Waals surface area contributed by atoms with Gasteiger partial charge in [0, 0.05) is 12.8 Å². The molecule has 0 aromatic heterocycles. The summed E-state index contributed by atoms with van der Waals surface area (Å²) in [5, 5.41) is 20.3. The van der Waals surface area contributed by atoms with Crippen molar-refractivity contribution in [3.63, 3.8) is 0 Å². The third kappa shape index (κ3) is 45.5. The molecule has 0 saturated carbocycles. The number of ether oxygens (including phenoxy) is 2. The Bertz CT molecular complexity index is 1380. The molecule has 63 heavy (non-hydrogen) atoms. The largest absolute Gasteiger partial charge is 0.756 e. The number of likely N-dealkylation sites (N-methyl/N-ethyl adjacent to an activating group) is 1. The summed E-state index contributed by atoms with van der Waals surface area (Å²) in [5.41, 5.74) is 0. The molecule has 11 nitrogen and oxygen atoms in total. The van der Waals surface area contributed by atoms with E-state index in [1.807, 2.05) is 27.2 Å². The number of hydrogen-bond acceptors (Lipinski definition) is 10. The molecule has 0 heterocycles. The monoisotopic (exact) mass is 906 g/mol. The molecule has 0 amide bonds. The highest BCUT2D eigenvalue weighted by Gasteiger charge is 2.22. The lowest BCUT2D eigenvalue weighted by atomic mass is 10.1. The van der Waals surface area contributed by atoms with Crippen LogP contribution >= 0.6 is 7.82 Å². The minimum atomic E-state index is -4.70. The first-order valence-electron chi connectivity index (χ1n) is 24.0. The maximum atomic E-state index is 12.7. The van der Waals surface area contributed by atoms with E-state index < -0.39 is 44.7 Å². The molecule has 362 valence electrons. The van der Waals surface area contributed by atoms with Gasteiger partial charge in [0.2, 0.25) is 0 Å². The van der Waals surface area contributed by atoms with Crippen molar-refractivity contribution < 1.29 is 52.3 Å². The van der Waals surface area contributed by atoms with Crippen molar-refractivity contribution in [1.82, 2.24) is 0 Å². The molecule has 0 aliphatic heterocycles. The zero-order valence-corrected chi connectivity index (χ0v) is 40.9. The number of phosphoric acid groups is 1. The predicted molar refractivity (Wildman–Crippen MR) is 257 cm³/mol. The maximum absolute atomic E-state index is 12.7. The van der Waals surface area contributed by atoms with Crippen molar-refractivity contribution >= 4 is 19.8 Å². The molecule has 1 unspecified atom stereocenters. The Morgan fingerprint density at radius 1 is 0.603 bits per heavy atom. The van der Waals surface area contributed by atoms with E-state index in [4.69, 9.17) is 18.5 Å². The number of nitrogens with zero attached hydrogens (tertiary/aromatic N) is 1. The Balaban J connectivity index is 4.59. The minimum Gasteiger partial charge on any atom is -0.756 e. The van der Waals surface area contributed by atoms with Crippen LogP contribution in [0.15, 0.2) is 85.1 Å². The predicted octanol–water partition coefficient (Wildman–Crippen LogP) is 11.3. The number of allylic oxidation sites excluding steroid dienone is 11. The fourth-order valence-corrected chi connectivity index (χ4v) is 6.70. The van der Waals surface area contributed by atoms with E-state index in [0.717, 1.165) is 57.8 Å². The molecule has 0 aromatic rings. The van der Waals surface area contributed by atoms with Gasteiger partial charge in [-0.05, 0) is 77.0 Å². The number of esters is 2. The third-order valence-corrected chi connectivity index (χ3v) is 10.8. The van der Waals surface area contributed by atoms with Crippen LogP contribution in [0.3, 0.4) is 0 Å². The number of aliphatic hydroxyl groups excluding tert-OH is 2. The van der Waals surface area contributed by atoms with Crippen LogP contribution in [0.1, 0.15) is 162 Å². The standard InChI is InChI=1S/C51H88NO10P/c1-6-8-10-12-14-15-16-17-18-19-20-21-22-23-24-25-26-27-29-35-41-51(56)62-49(46-61-63(57,58)60-44-43-52(3,4)5)45-59-50(55)42-36-40-48(54)39-34-31-30-33-38-47(53)37-32-28-13-11-9-7-2/h15-16,18-19,21-22,28,30-34,38-39,47-49,53-54H,6-14,17,20,23-27,29,35-37,40-46H2,1-5H3/b16-15-,19-18-,22-21-,31-30+,32-28-,38-33+,39-34-/t47-,48-,49-/m1/s1. The number of unbranched alkanes of at least 4 members (excludes halogenated alkanes) is 13. The van der Waals surface area contributed by atoms with Crippen molar-refractivity contribution in [3.8, 4) is 0 Å². The second-order valence-electron chi connectivity index (χ2n) is 17.2. The van der Waals surface area contributed by atoms with Crippen LogP contribution in [0.25, 0.3) is 0 Å². The fourth-order valence-electron chi connectivity index (χ4n) is 5.97. The van der Waals surface area contributed by atoms with Gasteiger partial charge in [-0.1, -0.05) is 157 Å². The fraction of sp³-hybridized carbons (Fsp3) is 0.686. The van der Waals surface area contributed by atoms with Gasteiger partial charge in [-0.15, -0.1) is 0 Å². The number of phosphoric ester groups is 1. The van der Waals surface area contributed by atoms with Crippen molar-refractivity contribution in [2.45, 2.75) is 180 Å². The van der Waals surface area contributed by atoms with Gasteiger partial charge in [0.25, 0.3) is 7.82 Å². The van der Waals surface area contributed by atoms with Crippen molar-refractivity contribution in [2.75, 3.05) is 47.5 Å². The van der Waals surface area contributed by atoms with Crippen LogP contribution in [0.2, 0.25) is 0 Å². The molecule has 0 fully saturated rings. The molecule has 0 spiro atoms. The maximum Gasteiger partial charge on any atom is 0.306 e. The Labute approximate surface area is 383 Å². The number of carbonyl (C=O) groups excluding carboxylic acids is 2. The second-order valence-corrected chi connectivity index (χ2v) is 18.6. The summed E-state index contributed by atoms with van der Waals surface area (Å²) < 4.78 is 33.7. The zero-order valence-electron chi connectivity index (χ0n) is 40.0. The molecule has 0 aliphatic rings. The van der Waals surface area contributed by atoms with E-state index in [0.29, 0.717) is 36.7 Å². The quantitative estimate of drug-likeness (QED) is 0.0151. The lowest BCUT2D eigenvalue weighted by Crippen LogP contribution is -2.37. The molecular weight excluding hydrogens is 818 g/mol. The highest BCUT2D eigenvalue weighted by molar-refractivity contribution is 7.45. The van der Waals surface area contributed by atoms with Crippen LogP contribution in [0.5, 0.6) is 0 Å². The van der Waals surface area contributed by atoms with E-state index in [9.17, 15) is 29.3 Å². The topological polar surface area (TPSA) is 152 Å². The van der Waals surface area contributed by atoms with E-state index in [2.05, 4.69) is 56.4 Å². The van der Waals surface area contributed by atoms with E-state index in [1.165, 1.54) is 51.4 Å². The molecule has 0 aliphatic carbocycles. The molecule has 4 atom stereocenters. The molecular formula is C51H88NO10P. The SMILES string of the molecule is CCCCC/C=C\C[C@@H](O)/C=C/C=C/C=C\[C@@H](O)CCCC(=O)OC[C@H](COP(=O)([O-])OCC[N+](C)(C)C)OC(=O)CCCCCCCC/C=C\C/C=C\C/C=C\CCCCCC. The van der Waals surface area contributed by atoms with Gasteiger partial charge >= 0.3 is 11.9 Å². The van der Waals surface area contributed by atoms with Gasteiger partial charge in [0.05, 0.1) is 40.0 Å². The average molecular weight is 906 g/mol. The lowest BCUT2D eigenvalue weighted by molar-refractivity contribution is -0.870. The first-order valence-corrected chi connectivity index (χ1v) is 25.5. The van der Waals surface area contributed by atoms with Gasteiger partial charge in [-0.2, -0.15) is 0 Å². The molecule has 0 rings (SSSR count). The van der Waals surface area contributed by atoms with Crippen LogP contribution in [0.4, 0.5) is 0 Å². The first kappa shape index (κ1) is 60.1. The molecule has 0 radical (unpaired) electrons. The summed E-state index contributed by atoms with van der Waals surface area (Å²) in [5.74, 6) is -1.10. The van der Waals surface area contributed by atoms with E-state index in [1.54, 1.807) is 36.5 Å². The summed E-state index contributed by atoms with van der Waals surface area (Å²) in [6.45, 7) is 3.83. The summed E-state index contributed by atoms with van der Waals surface area (Å²) in [6, 6.07) is 0. The number of aliphatic hydroxyl groups is 2. The van der Waals surface area contributed by atoms with Crippen molar-refractivity contribution in [3.05, 3.63) is 85.1 Å². The molecule has 12 heteroatoms. The number of carbonyl (C=O) groups is 2. The van der Waals surface area contributed by atoms with Crippen LogP contribution in [-0.4, -0.2) is 92.5 Å². The van der Waals surface area contributed by atoms with E-state index in [-0.39, 0.29) is 26.1 Å². The number of hydrogen-bond donors (Lipinski definition) is 2. The van der Waals surface area contributed by atoms with Gasteiger partial charge in [-0.25, -0.2) is 0 Å². The zero-order chi connectivity index (χ0) is 46.7. The van der Waals surface area contributed by atoms with Crippen LogP contribution < -0.4 is 4.89 Å². The van der Waals surface area contributed by atoms with Gasteiger partial charge in [0.1, 0.15) is 19.8 Å². The Hall–Kier alpha value is -2.89. The molecule has 0 saturated heterocycles. The normalized spacial score (nSPS) is 15.2.